The molecule has 212 valence electrons. The number of amides is 3. The first-order valence-electron chi connectivity index (χ1n) is 13.4. The van der Waals surface area contributed by atoms with Gasteiger partial charge >= 0.3 is 6.03 Å². The molecule has 0 bridgehead atoms. The Morgan fingerprint density at radius 2 is 1.40 bits per heavy atom. The number of rotatable bonds is 9. The van der Waals surface area contributed by atoms with Gasteiger partial charge in [-0.3, -0.25) is 19.5 Å². The van der Waals surface area contributed by atoms with Gasteiger partial charge in [0.05, 0.1) is 25.8 Å². The van der Waals surface area contributed by atoms with Gasteiger partial charge in [0.25, 0.3) is 5.91 Å². The predicted molar refractivity (Wildman–Crippen MR) is 157 cm³/mol. The molecule has 9 heteroatoms. The molecule has 2 atom stereocenters. The molecule has 2 saturated heterocycles. The number of nitrogens with zero attached hydrogens (tertiary/aromatic N) is 3. The van der Waals surface area contributed by atoms with Crippen LogP contribution >= 0.6 is 12.4 Å². The van der Waals surface area contributed by atoms with Crippen molar-refractivity contribution in [1.82, 2.24) is 20.0 Å². The number of urea groups is 1. The third-order valence-corrected chi connectivity index (χ3v) is 7.81. The molecular formula is C31H37ClN4O4. The molecule has 2 aliphatic heterocycles. The van der Waals surface area contributed by atoms with Gasteiger partial charge in [-0.1, -0.05) is 72.8 Å². The summed E-state index contributed by atoms with van der Waals surface area (Å²) in [5.74, 6) is 0.306. The maximum atomic E-state index is 13.3. The lowest BCUT2D eigenvalue weighted by molar-refractivity contribution is -0.132. The predicted octanol–water partition coefficient (Wildman–Crippen LogP) is 3.65. The van der Waals surface area contributed by atoms with E-state index in [-0.39, 0.29) is 30.9 Å². The van der Waals surface area contributed by atoms with Crippen molar-refractivity contribution in [1.29, 1.82) is 0 Å². The van der Waals surface area contributed by atoms with E-state index in [0.717, 1.165) is 31.1 Å². The van der Waals surface area contributed by atoms with Gasteiger partial charge in [-0.25, -0.2) is 4.79 Å². The third kappa shape index (κ3) is 6.15. The van der Waals surface area contributed by atoms with Gasteiger partial charge in [-0.05, 0) is 35.7 Å². The Hall–Kier alpha value is -3.43. The lowest BCUT2D eigenvalue weighted by Gasteiger charge is -2.40. The van der Waals surface area contributed by atoms with E-state index in [0.29, 0.717) is 17.9 Å². The summed E-state index contributed by atoms with van der Waals surface area (Å²) in [5.41, 5.74) is 2.01. The average Bonchev–Trinajstić information content (AvgIpc) is 3.19. The molecule has 3 amide bonds. The number of methoxy groups -OCH3 is 1. The van der Waals surface area contributed by atoms with Crippen molar-refractivity contribution in [3.63, 3.8) is 0 Å². The lowest BCUT2D eigenvalue weighted by Crippen LogP contribution is -2.51. The maximum absolute atomic E-state index is 13.3. The number of carbonyl (C=O) groups is 2. The first-order valence-corrected chi connectivity index (χ1v) is 13.4. The molecule has 2 N–H and O–H groups in total. The first kappa shape index (κ1) is 29.6. The van der Waals surface area contributed by atoms with Gasteiger partial charge in [-0.15, -0.1) is 12.4 Å². The summed E-state index contributed by atoms with van der Waals surface area (Å²) >= 11 is 0. The second-order valence-electron chi connectivity index (χ2n) is 10.4. The Morgan fingerprint density at radius 1 is 0.850 bits per heavy atom. The van der Waals surface area contributed by atoms with Crippen LogP contribution in [0.4, 0.5) is 4.79 Å². The van der Waals surface area contributed by atoms with Gasteiger partial charge in [0.15, 0.2) is 0 Å². The van der Waals surface area contributed by atoms with E-state index in [9.17, 15) is 14.7 Å². The Labute approximate surface area is 241 Å². The minimum Gasteiger partial charge on any atom is -0.497 e. The van der Waals surface area contributed by atoms with Crippen LogP contribution < -0.4 is 10.1 Å². The molecule has 2 aliphatic rings. The molecule has 0 saturated carbocycles. The van der Waals surface area contributed by atoms with Crippen LogP contribution in [0.2, 0.25) is 0 Å². The fraction of sp³-hybridized carbons (Fsp3) is 0.355. The fourth-order valence-corrected chi connectivity index (χ4v) is 5.64. The molecular weight excluding hydrogens is 528 g/mol. The largest absolute Gasteiger partial charge is 0.497 e. The number of aliphatic hydroxyl groups excluding tert-OH is 1. The number of halogens is 1. The summed E-state index contributed by atoms with van der Waals surface area (Å²) in [4.78, 5) is 31.8. The summed E-state index contributed by atoms with van der Waals surface area (Å²) in [7, 11) is 1.58. The fourth-order valence-electron chi connectivity index (χ4n) is 5.64. The van der Waals surface area contributed by atoms with Crippen LogP contribution in [-0.4, -0.2) is 84.2 Å². The maximum Gasteiger partial charge on any atom is 0.325 e. The second kappa shape index (κ2) is 12.8. The van der Waals surface area contributed by atoms with Crippen molar-refractivity contribution >= 4 is 24.3 Å². The van der Waals surface area contributed by atoms with Crippen LogP contribution in [0.15, 0.2) is 84.9 Å². The molecule has 2 unspecified atom stereocenters. The van der Waals surface area contributed by atoms with E-state index < -0.39 is 17.7 Å². The molecule has 3 aromatic rings. The van der Waals surface area contributed by atoms with Crippen molar-refractivity contribution in [2.24, 2.45) is 0 Å². The second-order valence-corrected chi connectivity index (χ2v) is 10.4. The Morgan fingerprint density at radius 3 is 1.93 bits per heavy atom. The highest BCUT2D eigenvalue weighted by atomic mass is 35.5. The number of imide groups is 1. The van der Waals surface area contributed by atoms with Crippen LogP contribution in [0.3, 0.4) is 0 Å². The molecule has 2 fully saturated rings. The summed E-state index contributed by atoms with van der Waals surface area (Å²) in [6.45, 7) is 5.31. The number of carbonyl (C=O) groups excluding carboxylic acids is 2. The zero-order chi connectivity index (χ0) is 27.4. The van der Waals surface area contributed by atoms with E-state index in [1.165, 1.54) is 11.1 Å². The standard InChI is InChI=1S/C31H36N4O4.ClH/c1-31(25-13-15-27(39-2)16-14-25)29(37)35(30(38)32-31)22-26(36)21-33-17-19-34(20-18-33)28(23-9-5-3-6-10-23)24-11-7-4-8-12-24;/h3-16,26,28,36H,17-22H2,1-2H3,(H,32,38);1H. The number of benzene rings is 3. The number of hydrogen-bond acceptors (Lipinski definition) is 6. The highest BCUT2D eigenvalue weighted by Crippen LogP contribution is 2.31. The number of nitrogens with one attached hydrogen (secondary N) is 1. The summed E-state index contributed by atoms with van der Waals surface area (Å²) in [6.07, 6.45) is -0.844. The SMILES string of the molecule is COc1ccc(C2(C)NC(=O)N(CC(O)CN3CCN(C(c4ccccc4)c4ccccc4)CC3)C2=O)cc1.Cl. The quantitative estimate of drug-likeness (QED) is 0.386. The molecule has 2 heterocycles. The molecule has 0 spiro atoms. The number of piperazine rings is 1. The topological polar surface area (TPSA) is 85.3 Å². The highest BCUT2D eigenvalue weighted by molar-refractivity contribution is 6.07. The van der Waals surface area contributed by atoms with Crippen molar-refractivity contribution < 1.29 is 19.4 Å². The first-order chi connectivity index (χ1) is 18.9. The zero-order valence-electron chi connectivity index (χ0n) is 22.9. The van der Waals surface area contributed by atoms with E-state index in [4.69, 9.17) is 4.74 Å². The molecule has 0 aliphatic carbocycles. The van der Waals surface area contributed by atoms with E-state index in [2.05, 4.69) is 63.6 Å². The third-order valence-electron chi connectivity index (χ3n) is 7.81. The molecule has 5 rings (SSSR count). The highest BCUT2D eigenvalue weighted by Gasteiger charge is 2.49. The lowest BCUT2D eigenvalue weighted by atomic mass is 9.92. The average molecular weight is 565 g/mol. The number of aliphatic hydroxyl groups is 1. The number of β-amino-alcohol motifs (C(OH)–C–C–N with tert-alkyl or cyclic N) is 1. The smallest absolute Gasteiger partial charge is 0.325 e. The summed E-state index contributed by atoms with van der Waals surface area (Å²) in [6, 6.07) is 27.8. The van der Waals surface area contributed by atoms with Crippen molar-refractivity contribution in [2.75, 3.05) is 46.4 Å². The van der Waals surface area contributed by atoms with Crippen LogP contribution in [0.25, 0.3) is 0 Å². The van der Waals surface area contributed by atoms with E-state index in [1.54, 1.807) is 38.3 Å². The van der Waals surface area contributed by atoms with Gasteiger partial charge in [0, 0.05) is 32.7 Å². The van der Waals surface area contributed by atoms with Gasteiger partial charge in [-0.2, -0.15) is 0 Å². The van der Waals surface area contributed by atoms with Gasteiger partial charge in [0.2, 0.25) is 0 Å². The van der Waals surface area contributed by atoms with Gasteiger partial charge in [0.1, 0.15) is 11.3 Å². The van der Waals surface area contributed by atoms with Crippen LogP contribution in [0.1, 0.15) is 29.7 Å². The zero-order valence-corrected chi connectivity index (χ0v) is 23.7. The van der Waals surface area contributed by atoms with Gasteiger partial charge < -0.3 is 15.2 Å². The van der Waals surface area contributed by atoms with Crippen LogP contribution in [0, 0.1) is 0 Å². The summed E-state index contributed by atoms with van der Waals surface area (Å²) < 4.78 is 5.20. The minimum atomic E-state index is -1.18. The molecule has 0 radical (unpaired) electrons. The minimum absolute atomic E-state index is 0. The number of hydrogen-bond donors (Lipinski definition) is 2. The van der Waals surface area contributed by atoms with E-state index in [1.807, 2.05) is 12.1 Å². The van der Waals surface area contributed by atoms with Crippen molar-refractivity contribution in [3.05, 3.63) is 102 Å². The Kier molecular flexibility index (Phi) is 9.48. The normalized spacial score (nSPS) is 20.8. The molecule has 0 aromatic heterocycles. The number of ether oxygens (including phenoxy) is 1. The van der Waals surface area contributed by atoms with Crippen LogP contribution in [-0.2, 0) is 10.3 Å². The summed E-state index contributed by atoms with van der Waals surface area (Å²) in [5, 5.41) is 13.7. The van der Waals surface area contributed by atoms with Crippen LogP contribution in [0.5, 0.6) is 5.75 Å². The van der Waals surface area contributed by atoms with E-state index >= 15 is 0 Å². The molecule has 40 heavy (non-hydrogen) atoms. The van der Waals surface area contributed by atoms with Crippen molar-refractivity contribution in [2.45, 2.75) is 24.6 Å². The Balaban J connectivity index is 0.00000370. The Bertz CT molecular complexity index is 1230. The molecule has 8 nitrogen and oxygen atoms in total. The van der Waals surface area contributed by atoms with Crippen molar-refractivity contribution in [3.8, 4) is 5.75 Å². The molecule has 3 aromatic carbocycles. The monoisotopic (exact) mass is 564 g/mol.